The molecule has 1 fully saturated rings. The van der Waals surface area contributed by atoms with E-state index in [1.165, 1.54) is 24.3 Å². The molecule has 0 unspecified atom stereocenters. The number of nitrogens with zero attached hydrogens (tertiary/aromatic N) is 4. The molecule has 37 heavy (non-hydrogen) atoms. The third-order valence-corrected chi connectivity index (χ3v) is 6.44. The number of rotatable bonds is 5. The van der Waals surface area contributed by atoms with Crippen molar-refractivity contribution < 1.29 is 13.6 Å². The molecule has 1 N–H and O–H groups in total. The molecule has 2 amide bonds. The molecule has 3 aromatic carbocycles. The van der Waals surface area contributed by atoms with E-state index in [1.807, 2.05) is 25.1 Å². The Morgan fingerprint density at radius 2 is 1.57 bits per heavy atom. The predicted octanol–water partition coefficient (Wildman–Crippen LogP) is 5.68. The summed E-state index contributed by atoms with van der Waals surface area (Å²) in [5.74, 6) is 0.518. The molecule has 188 valence electrons. The molecule has 5 rings (SSSR count). The summed E-state index contributed by atoms with van der Waals surface area (Å²) in [7, 11) is 0. The molecule has 4 aromatic rings. The second-order valence-electron chi connectivity index (χ2n) is 9.02. The van der Waals surface area contributed by atoms with E-state index in [0.717, 1.165) is 22.6 Å². The van der Waals surface area contributed by atoms with Crippen LogP contribution in [0.25, 0.3) is 11.4 Å². The average molecular weight is 500 g/mol. The van der Waals surface area contributed by atoms with E-state index < -0.39 is 5.82 Å². The van der Waals surface area contributed by atoms with Crippen LogP contribution in [0.2, 0.25) is 0 Å². The van der Waals surface area contributed by atoms with Crippen molar-refractivity contribution in [3.05, 3.63) is 107 Å². The van der Waals surface area contributed by atoms with Crippen molar-refractivity contribution in [2.45, 2.75) is 13.3 Å². The number of aryl methyl sites for hydroxylation is 1. The fourth-order valence-electron chi connectivity index (χ4n) is 4.50. The van der Waals surface area contributed by atoms with Gasteiger partial charge in [-0.3, -0.25) is 0 Å². The van der Waals surface area contributed by atoms with E-state index in [1.54, 1.807) is 29.2 Å². The van der Waals surface area contributed by atoms with Gasteiger partial charge in [0, 0.05) is 55.1 Å². The molecule has 0 spiro atoms. The first-order valence-corrected chi connectivity index (χ1v) is 12.2. The van der Waals surface area contributed by atoms with Crippen molar-refractivity contribution in [1.29, 1.82) is 0 Å². The zero-order valence-electron chi connectivity index (χ0n) is 20.5. The van der Waals surface area contributed by atoms with Gasteiger partial charge >= 0.3 is 6.03 Å². The fourth-order valence-corrected chi connectivity index (χ4v) is 4.50. The third kappa shape index (κ3) is 5.74. The molecular weight excluding hydrogens is 472 g/mol. The van der Waals surface area contributed by atoms with Crippen molar-refractivity contribution in [3.63, 3.8) is 0 Å². The van der Waals surface area contributed by atoms with Crippen LogP contribution in [0.4, 0.5) is 25.1 Å². The van der Waals surface area contributed by atoms with Gasteiger partial charge in [0.05, 0.1) is 0 Å². The Balaban J connectivity index is 1.40. The van der Waals surface area contributed by atoms with Crippen molar-refractivity contribution >= 4 is 17.5 Å². The molecule has 0 saturated carbocycles. The van der Waals surface area contributed by atoms with Gasteiger partial charge in [-0.05, 0) is 42.8 Å². The van der Waals surface area contributed by atoms with Gasteiger partial charge in [0.1, 0.15) is 17.5 Å². The van der Waals surface area contributed by atoms with Crippen LogP contribution in [0.15, 0.2) is 78.9 Å². The molecule has 1 aliphatic rings. The van der Waals surface area contributed by atoms with E-state index in [0.29, 0.717) is 49.7 Å². The van der Waals surface area contributed by atoms with Crippen LogP contribution in [0.1, 0.15) is 16.8 Å². The SMILES string of the molecule is Cc1nc(-c2cccc(F)c2)nc(N2CCN(C(=O)Nc3cccc(F)c3)CC2)c1Cc1ccccc1. The van der Waals surface area contributed by atoms with Crippen LogP contribution in [0, 0.1) is 18.6 Å². The highest BCUT2D eigenvalue weighted by atomic mass is 19.1. The first-order chi connectivity index (χ1) is 18.0. The number of halogens is 2. The number of anilines is 2. The Hall–Kier alpha value is -4.33. The minimum absolute atomic E-state index is 0.269. The lowest BCUT2D eigenvalue weighted by Crippen LogP contribution is -2.50. The van der Waals surface area contributed by atoms with Crippen molar-refractivity contribution in [3.8, 4) is 11.4 Å². The van der Waals surface area contributed by atoms with Gasteiger partial charge < -0.3 is 15.1 Å². The largest absolute Gasteiger partial charge is 0.353 e. The maximum atomic E-state index is 13.9. The quantitative estimate of drug-likeness (QED) is 0.384. The maximum Gasteiger partial charge on any atom is 0.321 e. The maximum absolute atomic E-state index is 13.9. The minimum Gasteiger partial charge on any atom is -0.353 e. The highest BCUT2D eigenvalue weighted by Gasteiger charge is 2.25. The average Bonchev–Trinajstić information content (AvgIpc) is 2.90. The summed E-state index contributed by atoms with van der Waals surface area (Å²) in [6.45, 7) is 4.04. The summed E-state index contributed by atoms with van der Waals surface area (Å²) in [6, 6.07) is 22.0. The molecule has 2 heterocycles. The Bertz CT molecular complexity index is 1400. The predicted molar refractivity (Wildman–Crippen MR) is 141 cm³/mol. The van der Waals surface area contributed by atoms with Gasteiger partial charge in [0.15, 0.2) is 5.82 Å². The summed E-state index contributed by atoms with van der Waals surface area (Å²) in [5.41, 5.74) is 4.01. The van der Waals surface area contributed by atoms with Gasteiger partial charge in [-0.25, -0.2) is 23.5 Å². The first-order valence-electron chi connectivity index (χ1n) is 12.2. The second-order valence-corrected chi connectivity index (χ2v) is 9.02. The van der Waals surface area contributed by atoms with Gasteiger partial charge in [0.25, 0.3) is 0 Å². The molecule has 0 aliphatic carbocycles. The second kappa shape index (κ2) is 10.7. The number of nitrogens with one attached hydrogen (secondary N) is 1. The van der Waals surface area contributed by atoms with Crippen molar-refractivity contribution in [2.24, 2.45) is 0 Å². The van der Waals surface area contributed by atoms with E-state index in [2.05, 4.69) is 22.3 Å². The zero-order chi connectivity index (χ0) is 25.8. The number of hydrogen-bond donors (Lipinski definition) is 1. The Morgan fingerprint density at radius 1 is 0.865 bits per heavy atom. The third-order valence-electron chi connectivity index (χ3n) is 6.44. The summed E-state index contributed by atoms with van der Waals surface area (Å²) in [5, 5.41) is 2.76. The molecule has 0 radical (unpaired) electrons. The highest BCUT2D eigenvalue weighted by Crippen LogP contribution is 2.28. The Labute approximate surface area is 214 Å². The number of benzene rings is 3. The topological polar surface area (TPSA) is 61.4 Å². The first kappa shape index (κ1) is 24.4. The number of aromatic nitrogens is 2. The molecular formula is C29H27F2N5O. The number of carbonyl (C=O) groups excluding carboxylic acids is 1. The van der Waals surface area contributed by atoms with Crippen LogP contribution < -0.4 is 10.2 Å². The number of amides is 2. The van der Waals surface area contributed by atoms with Gasteiger partial charge in [-0.15, -0.1) is 0 Å². The van der Waals surface area contributed by atoms with E-state index in [-0.39, 0.29) is 11.8 Å². The van der Waals surface area contributed by atoms with Crippen molar-refractivity contribution in [2.75, 3.05) is 36.4 Å². The Kier molecular flexibility index (Phi) is 7.07. The van der Waals surface area contributed by atoms with Gasteiger partial charge in [0.2, 0.25) is 0 Å². The lowest BCUT2D eigenvalue weighted by molar-refractivity contribution is 0.208. The van der Waals surface area contributed by atoms with Crippen LogP contribution in [0.5, 0.6) is 0 Å². The van der Waals surface area contributed by atoms with Crippen LogP contribution in [-0.2, 0) is 6.42 Å². The highest BCUT2D eigenvalue weighted by molar-refractivity contribution is 5.89. The molecule has 6 nitrogen and oxygen atoms in total. The monoisotopic (exact) mass is 499 g/mol. The van der Waals surface area contributed by atoms with E-state index >= 15 is 0 Å². The summed E-state index contributed by atoms with van der Waals surface area (Å²) in [4.78, 5) is 26.3. The molecule has 1 aliphatic heterocycles. The number of urea groups is 1. The van der Waals surface area contributed by atoms with Gasteiger partial charge in [-0.2, -0.15) is 0 Å². The summed E-state index contributed by atoms with van der Waals surface area (Å²) >= 11 is 0. The molecule has 0 bridgehead atoms. The summed E-state index contributed by atoms with van der Waals surface area (Å²) < 4.78 is 27.4. The van der Waals surface area contributed by atoms with E-state index in [9.17, 15) is 13.6 Å². The molecule has 8 heteroatoms. The molecule has 1 aromatic heterocycles. The molecule has 0 atom stereocenters. The number of piperazine rings is 1. The van der Waals surface area contributed by atoms with Gasteiger partial charge in [-0.1, -0.05) is 48.5 Å². The van der Waals surface area contributed by atoms with E-state index in [4.69, 9.17) is 9.97 Å². The zero-order valence-corrected chi connectivity index (χ0v) is 20.5. The van der Waals surface area contributed by atoms with Crippen LogP contribution >= 0.6 is 0 Å². The normalized spacial score (nSPS) is 13.5. The minimum atomic E-state index is -0.401. The number of carbonyl (C=O) groups is 1. The van der Waals surface area contributed by atoms with Crippen LogP contribution in [-0.4, -0.2) is 47.1 Å². The van der Waals surface area contributed by atoms with Crippen molar-refractivity contribution in [1.82, 2.24) is 14.9 Å². The van der Waals surface area contributed by atoms with Crippen LogP contribution in [0.3, 0.4) is 0 Å². The standard InChI is InChI=1S/C29H27F2N5O/c1-20-26(17-21-7-3-2-4-8-21)28(34-27(32-20)22-9-5-10-23(30)18-22)35-13-15-36(16-14-35)29(37)33-25-12-6-11-24(31)19-25/h2-12,18-19H,13-17H2,1H3,(H,33,37). The lowest BCUT2D eigenvalue weighted by Gasteiger charge is -2.36. The fraction of sp³-hybridized carbons (Fsp3) is 0.207. The molecule has 1 saturated heterocycles. The summed E-state index contributed by atoms with van der Waals surface area (Å²) in [6.07, 6.45) is 0.658. The Morgan fingerprint density at radius 3 is 2.27 bits per heavy atom. The smallest absolute Gasteiger partial charge is 0.321 e. The lowest BCUT2D eigenvalue weighted by atomic mass is 10.0. The number of hydrogen-bond acceptors (Lipinski definition) is 4.